The summed E-state index contributed by atoms with van der Waals surface area (Å²) in [7, 11) is 0. The van der Waals surface area contributed by atoms with Crippen LogP contribution >= 0.6 is 11.9 Å². The molecule has 0 amide bonds. The maximum Gasteiger partial charge on any atom is 0.0682 e. The molecule has 0 aliphatic rings. The third-order valence-electron chi connectivity index (χ3n) is 1.35. The van der Waals surface area contributed by atoms with Crippen LogP contribution in [0.1, 0.15) is 12.8 Å². The van der Waals surface area contributed by atoms with Gasteiger partial charge in [-0.2, -0.15) is 0 Å². The van der Waals surface area contributed by atoms with E-state index in [0.717, 1.165) is 12.8 Å². The molecule has 0 aromatic rings. The molecule has 0 rings (SSSR count). The highest BCUT2D eigenvalue weighted by Crippen LogP contribution is 2.04. The van der Waals surface area contributed by atoms with Crippen LogP contribution in [0.5, 0.6) is 0 Å². The van der Waals surface area contributed by atoms with E-state index in [1.54, 1.807) is 0 Å². The molecule has 4 heteroatoms. The highest BCUT2D eigenvalue weighted by Gasteiger charge is 2.03. The van der Waals surface area contributed by atoms with Crippen LogP contribution < -0.4 is 0 Å². The number of rotatable bonds is 6. The highest BCUT2D eigenvalue weighted by molar-refractivity contribution is 6.07. The molecule has 0 atom stereocenters. The first-order chi connectivity index (χ1) is 4.85. The Morgan fingerprint density at radius 1 is 1.30 bits per heavy atom. The Morgan fingerprint density at radius 3 is 2.30 bits per heavy atom. The molecule has 2 N–H and O–H groups in total. The number of aliphatic hydroxyl groups is 2. The second-order valence-electron chi connectivity index (χ2n) is 2.19. The molecule has 0 aliphatic carbocycles. The summed E-state index contributed by atoms with van der Waals surface area (Å²) in [6.45, 7) is 0.523. The second-order valence-corrected chi connectivity index (χ2v) is 2.40. The van der Waals surface area contributed by atoms with Gasteiger partial charge in [0.05, 0.1) is 18.5 Å². The minimum Gasteiger partial charge on any atom is -0.396 e. The van der Waals surface area contributed by atoms with E-state index in [4.69, 9.17) is 22.1 Å². The van der Waals surface area contributed by atoms with Crippen LogP contribution in [0.2, 0.25) is 0 Å². The summed E-state index contributed by atoms with van der Waals surface area (Å²) in [5.74, 6) is -0.0215. The Bertz CT molecular complexity index is 66.0. The van der Waals surface area contributed by atoms with E-state index in [9.17, 15) is 0 Å². The minimum atomic E-state index is -0.0215. The van der Waals surface area contributed by atoms with Crippen LogP contribution in [0.25, 0.3) is 0 Å². The van der Waals surface area contributed by atoms with Crippen molar-refractivity contribution in [3.05, 3.63) is 0 Å². The maximum atomic E-state index is 8.59. The minimum absolute atomic E-state index is 0.0215. The third-order valence-corrected chi connectivity index (χ3v) is 1.50. The quantitative estimate of drug-likeness (QED) is 0.570. The zero-order chi connectivity index (χ0) is 7.82. The van der Waals surface area contributed by atoms with Gasteiger partial charge < -0.3 is 10.2 Å². The molecule has 0 saturated carbocycles. The van der Waals surface area contributed by atoms with Gasteiger partial charge in [0, 0.05) is 19.1 Å². The molecule has 0 aromatic carbocycles. The fourth-order valence-corrected chi connectivity index (χ4v) is 0.776. The van der Waals surface area contributed by atoms with Gasteiger partial charge in [0.1, 0.15) is 0 Å². The average molecular weight is 169 g/mol. The predicted molar refractivity (Wildman–Crippen MR) is 38.7 cm³/mol. The lowest BCUT2D eigenvalue weighted by molar-refractivity contribution is 0.138. The molecule has 0 radical (unpaired) electrons. The van der Waals surface area contributed by atoms with Gasteiger partial charge in [-0.1, -0.05) is 0 Å². The van der Waals surface area contributed by atoms with E-state index in [1.807, 2.05) is 0 Å². The number of aliphatic hydroxyl groups excluding tert-OH is 2. The topological polar surface area (TPSA) is 49.7 Å². The first kappa shape index (κ1) is 10.2. The first-order valence-corrected chi connectivity index (χ1v) is 3.61. The molecule has 0 fully saturated rings. The number of hydrogen-bond donors (Lipinski definition) is 2. The number of hydrogen-bond acceptors (Lipinski definition) is 3. The lowest BCUT2D eigenvalue weighted by Crippen LogP contribution is -2.11. The smallest absolute Gasteiger partial charge is 0.0682 e. The normalized spacial score (nSPS) is 10.8. The SMILES string of the molecule is OCC(CO)CCCOCl. The number of halogens is 1. The summed E-state index contributed by atoms with van der Waals surface area (Å²) >= 11 is 4.95. The molecule has 0 bridgehead atoms. The van der Waals surface area contributed by atoms with Crippen molar-refractivity contribution in [1.82, 2.24) is 0 Å². The monoisotopic (exact) mass is 168 g/mol. The lowest BCUT2D eigenvalue weighted by atomic mass is 10.1. The van der Waals surface area contributed by atoms with Crippen molar-refractivity contribution in [2.75, 3.05) is 19.8 Å². The molecule has 0 heterocycles. The van der Waals surface area contributed by atoms with Crippen LogP contribution in [0, 0.1) is 5.92 Å². The van der Waals surface area contributed by atoms with E-state index in [-0.39, 0.29) is 19.1 Å². The Morgan fingerprint density at radius 2 is 1.90 bits per heavy atom. The summed E-state index contributed by atoms with van der Waals surface area (Å²) in [6, 6.07) is 0. The third kappa shape index (κ3) is 4.99. The van der Waals surface area contributed by atoms with Crippen molar-refractivity contribution in [2.45, 2.75) is 12.8 Å². The van der Waals surface area contributed by atoms with Gasteiger partial charge in [0.25, 0.3) is 0 Å². The largest absolute Gasteiger partial charge is 0.396 e. The summed E-state index contributed by atoms with van der Waals surface area (Å²) in [6.07, 6.45) is 1.52. The van der Waals surface area contributed by atoms with Crippen molar-refractivity contribution < 1.29 is 14.5 Å². The molecule has 0 spiro atoms. The van der Waals surface area contributed by atoms with Gasteiger partial charge in [-0.25, -0.2) is 0 Å². The molecular weight excluding hydrogens is 156 g/mol. The van der Waals surface area contributed by atoms with E-state index >= 15 is 0 Å². The molecule has 0 aliphatic heterocycles. The summed E-state index contributed by atoms with van der Waals surface area (Å²) in [4.78, 5) is 0. The molecule has 0 aromatic heterocycles. The fraction of sp³-hybridized carbons (Fsp3) is 1.00. The van der Waals surface area contributed by atoms with Gasteiger partial charge in [-0.3, -0.25) is 4.29 Å². The zero-order valence-corrected chi connectivity index (χ0v) is 6.55. The first-order valence-electron chi connectivity index (χ1n) is 3.30. The molecule has 0 saturated heterocycles. The molecule has 3 nitrogen and oxygen atoms in total. The van der Waals surface area contributed by atoms with Crippen LogP contribution in [-0.4, -0.2) is 30.0 Å². The average Bonchev–Trinajstić information content (AvgIpc) is 1.99. The molecule has 62 valence electrons. The Kier molecular flexibility index (Phi) is 7.40. The van der Waals surface area contributed by atoms with Gasteiger partial charge in [0.2, 0.25) is 0 Å². The van der Waals surface area contributed by atoms with Crippen LogP contribution in [0.15, 0.2) is 0 Å². The van der Waals surface area contributed by atoms with Crippen LogP contribution in [-0.2, 0) is 4.29 Å². The molecular formula is C6H13ClO3. The van der Waals surface area contributed by atoms with Crippen molar-refractivity contribution in [3.63, 3.8) is 0 Å². The van der Waals surface area contributed by atoms with Gasteiger partial charge in [-0.15, -0.1) is 0 Å². The predicted octanol–water partition coefficient (Wildman–Crippen LogP) is 0.538. The Labute approximate surface area is 65.7 Å². The van der Waals surface area contributed by atoms with Crippen molar-refractivity contribution in [1.29, 1.82) is 0 Å². The fourth-order valence-electron chi connectivity index (χ4n) is 0.667. The van der Waals surface area contributed by atoms with E-state index < -0.39 is 0 Å². The maximum absolute atomic E-state index is 8.59. The van der Waals surface area contributed by atoms with E-state index in [0.29, 0.717) is 6.61 Å². The van der Waals surface area contributed by atoms with E-state index in [2.05, 4.69) is 4.29 Å². The Hall–Kier alpha value is 0.170. The molecule has 10 heavy (non-hydrogen) atoms. The van der Waals surface area contributed by atoms with E-state index in [1.165, 1.54) is 0 Å². The van der Waals surface area contributed by atoms with Crippen LogP contribution in [0.4, 0.5) is 0 Å². The second kappa shape index (κ2) is 7.28. The van der Waals surface area contributed by atoms with Gasteiger partial charge in [-0.05, 0) is 12.8 Å². The van der Waals surface area contributed by atoms with Gasteiger partial charge in [0.15, 0.2) is 0 Å². The van der Waals surface area contributed by atoms with Crippen molar-refractivity contribution >= 4 is 11.9 Å². The van der Waals surface area contributed by atoms with Crippen LogP contribution in [0.3, 0.4) is 0 Å². The lowest BCUT2D eigenvalue weighted by Gasteiger charge is -2.08. The summed E-state index contributed by atoms with van der Waals surface area (Å²) in [5.41, 5.74) is 0. The van der Waals surface area contributed by atoms with Gasteiger partial charge >= 0.3 is 0 Å². The zero-order valence-electron chi connectivity index (χ0n) is 5.79. The van der Waals surface area contributed by atoms with Crippen molar-refractivity contribution in [3.8, 4) is 0 Å². The summed E-state index contributed by atoms with van der Waals surface area (Å²) < 4.78 is 4.29. The highest BCUT2D eigenvalue weighted by atomic mass is 35.5. The van der Waals surface area contributed by atoms with Crippen molar-refractivity contribution in [2.24, 2.45) is 5.92 Å². The summed E-state index contributed by atoms with van der Waals surface area (Å²) in [5, 5.41) is 17.2. The molecule has 0 unspecified atom stereocenters. The Balaban J connectivity index is 3.09. The standard InChI is InChI=1S/C6H13ClO3/c7-10-3-1-2-6(4-8)5-9/h6,8-9H,1-5H2.